The lowest BCUT2D eigenvalue weighted by Gasteiger charge is -2.34. The number of hydrogen-bond acceptors (Lipinski definition) is 8. The number of anilines is 2. The largest absolute Gasteiger partial charge is 0.466 e. The highest BCUT2D eigenvalue weighted by molar-refractivity contribution is 5.73. The molecule has 10 nitrogen and oxygen atoms in total. The zero-order chi connectivity index (χ0) is 27.4. The van der Waals surface area contributed by atoms with Crippen LogP contribution in [0.1, 0.15) is 36.9 Å². The second kappa shape index (κ2) is 11.3. The maximum Gasteiger partial charge on any atom is 0.355 e. The number of hydrogen-bond donors (Lipinski definition) is 1. The number of carbonyl (C=O) groups excluding carboxylic acids is 1. The molecule has 0 saturated heterocycles. The van der Waals surface area contributed by atoms with Gasteiger partial charge in [0.25, 0.3) is 0 Å². The number of rotatable bonds is 9. The maximum atomic E-state index is 13.7. The Morgan fingerprint density at radius 1 is 1.03 bits per heavy atom. The summed E-state index contributed by atoms with van der Waals surface area (Å²) in [5, 5.41) is 3.12. The van der Waals surface area contributed by atoms with Crippen molar-refractivity contribution in [2.75, 3.05) is 11.9 Å². The first-order valence-corrected chi connectivity index (χ1v) is 12.8. The van der Waals surface area contributed by atoms with Gasteiger partial charge in [-0.15, -0.1) is 0 Å². The Morgan fingerprint density at radius 3 is 2.44 bits per heavy atom. The highest BCUT2D eigenvalue weighted by Gasteiger charge is 2.38. The summed E-state index contributed by atoms with van der Waals surface area (Å²) in [5.74, 6) is 0.554. The van der Waals surface area contributed by atoms with Crippen molar-refractivity contribution in [3.63, 3.8) is 0 Å². The van der Waals surface area contributed by atoms with Crippen LogP contribution in [0.25, 0.3) is 0 Å². The van der Waals surface area contributed by atoms with E-state index in [1.165, 1.54) is 4.57 Å². The topological polar surface area (TPSA) is 117 Å². The summed E-state index contributed by atoms with van der Waals surface area (Å²) in [6.07, 6.45) is 2.38. The third kappa shape index (κ3) is 5.90. The minimum Gasteiger partial charge on any atom is -0.466 e. The van der Waals surface area contributed by atoms with E-state index in [0.717, 1.165) is 15.7 Å². The van der Waals surface area contributed by atoms with E-state index in [-0.39, 0.29) is 24.4 Å². The van der Waals surface area contributed by atoms with Crippen LogP contribution in [0.3, 0.4) is 0 Å². The Balaban J connectivity index is 1.43. The number of esters is 1. The fraction of sp³-hybridized carbons (Fsp3) is 0.276. The number of aryl methyl sites for hydroxylation is 1. The summed E-state index contributed by atoms with van der Waals surface area (Å²) in [6, 6.07) is 19.8. The number of ether oxygens (including phenoxy) is 2. The van der Waals surface area contributed by atoms with E-state index in [4.69, 9.17) is 9.47 Å². The van der Waals surface area contributed by atoms with Gasteiger partial charge in [0.2, 0.25) is 11.8 Å². The molecule has 1 saturated carbocycles. The predicted molar refractivity (Wildman–Crippen MR) is 145 cm³/mol. The number of nitrogens with one attached hydrogen (secondary N) is 1. The molecular formula is C29H29N5O5. The molecule has 1 fully saturated rings. The normalized spacial score (nSPS) is 16.3. The first kappa shape index (κ1) is 25.9. The van der Waals surface area contributed by atoms with E-state index >= 15 is 0 Å². The van der Waals surface area contributed by atoms with E-state index in [2.05, 4.69) is 15.3 Å². The molecule has 0 spiro atoms. The predicted octanol–water partition coefficient (Wildman–Crippen LogP) is 4.21. The quantitative estimate of drug-likeness (QED) is 0.322. The molecule has 10 heteroatoms. The zero-order valence-corrected chi connectivity index (χ0v) is 21.7. The lowest BCUT2D eigenvalue weighted by Crippen LogP contribution is -2.49. The summed E-state index contributed by atoms with van der Waals surface area (Å²) in [7, 11) is 0. The zero-order valence-electron chi connectivity index (χ0n) is 21.7. The van der Waals surface area contributed by atoms with Crippen LogP contribution in [0.4, 0.5) is 11.6 Å². The van der Waals surface area contributed by atoms with Gasteiger partial charge >= 0.3 is 17.3 Å². The number of nitrogens with zero attached hydrogens (tertiary/aromatic N) is 4. The van der Waals surface area contributed by atoms with Crippen molar-refractivity contribution < 1.29 is 14.3 Å². The van der Waals surface area contributed by atoms with Crippen molar-refractivity contribution in [3.8, 4) is 11.6 Å². The van der Waals surface area contributed by atoms with Crippen LogP contribution in [-0.2, 0) is 16.1 Å². The molecule has 0 atom stereocenters. The van der Waals surface area contributed by atoms with Gasteiger partial charge in [0.1, 0.15) is 5.75 Å². The van der Waals surface area contributed by atoms with Gasteiger partial charge in [-0.25, -0.2) is 19.1 Å². The highest BCUT2D eigenvalue weighted by Crippen LogP contribution is 2.37. The molecule has 5 rings (SSSR count). The van der Waals surface area contributed by atoms with Crippen molar-refractivity contribution >= 4 is 17.6 Å². The van der Waals surface area contributed by atoms with E-state index in [0.29, 0.717) is 36.8 Å². The molecule has 2 heterocycles. The van der Waals surface area contributed by atoms with Crippen molar-refractivity contribution in [2.24, 2.45) is 5.92 Å². The van der Waals surface area contributed by atoms with Gasteiger partial charge in [-0.2, -0.15) is 4.98 Å². The van der Waals surface area contributed by atoms with Crippen LogP contribution in [-0.4, -0.2) is 31.7 Å². The lowest BCUT2D eigenvalue weighted by molar-refractivity contribution is -0.152. The number of pyridine rings is 1. The number of benzene rings is 2. The Kier molecular flexibility index (Phi) is 7.53. The van der Waals surface area contributed by atoms with Crippen LogP contribution in [0.15, 0.2) is 82.5 Å². The van der Waals surface area contributed by atoms with Crippen LogP contribution in [0.2, 0.25) is 0 Å². The smallest absolute Gasteiger partial charge is 0.355 e. The van der Waals surface area contributed by atoms with Gasteiger partial charge in [-0.05, 0) is 62.6 Å². The van der Waals surface area contributed by atoms with Gasteiger partial charge in [0.15, 0.2) is 0 Å². The first-order valence-electron chi connectivity index (χ1n) is 12.8. The van der Waals surface area contributed by atoms with Gasteiger partial charge < -0.3 is 14.8 Å². The van der Waals surface area contributed by atoms with Crippen LogP contribution >= 0.6 is 0 Å². The summed E-state index contributed by atoms with van der Waals surface area (Å²) in [4.78, 5) is 47.2. The summed E-state index contributed by atoms with van der Waals surface area (Å²) in [6.45, 7) is 4.24. The SMILES string of the molecule is CCOC(=O)C1CC(n2c(=O)nc(Nc3ccc(Oc4ccccn4)cc3)n(Cc3ccc(C)cc3)c2=O)C1. The highest BCUT2D eigenvalue weighted by atomic mass is 16.5. The second-order valence-corrected chi connectivity index (χ2v) is 9.44. The molecule has 0 aliphatic heterocycles. The average Bonchev–Trinajstić information content (AvgIpc) is 2.90. The molecule has 1 N–H and O–H groups in total. The van der Waals surface area contributed by atoms with Crippen molar-refractivity contribution in [1.29, 1.82) is 0 Å². The number of carbonyl (C=O) groups is 1. The molecule has 200 valence electrons. The molecule has 0 radical (unpaired) electrons. The maximum absolute atomic E-state index is 13.7. The molecule has 0 unspecified atom stereocenters. The Bertz CT molecular complexity index is 1560. The van der Waals surface area contributed by atoms with Gasteiger partial charge in [0, 0.05) is 24.0 Å². The molecule has 1 aliphatic rings. The monoisotopic (exact) mass is 527 g/mol. The van der Waals surface area contributed by atoms with Gasteiger partial charge in [-0.1, -0.05) is 35.9 Å². The average molecular weight is 528 g/mol. The van der Waals surface area contributed by atoms with Gasteiger partial charge in [0.05, 0.1) is 19.1 Å². The summed E-state index contributed by atoms with van der Waals surface area (Å²) < 4.78 is 13.4. The van der Waals surface area contributed by atoms with Crippen molar-refractivity contribution in [1.82, 2.24) is 19.1 Å². The Labute approximate surface area is 224 Å². The molecule has 2 aromatic carbocycles. The molecule has 4 aromatic rings. The Morgan fingerprint density at radius 2 is 1.77 bits per heavy atom. The Hall–Kier alpha value is -4.73. The van der Waals surface area contributed by atoms with Crippen LogP contribution < -0.4 is 21.4 Å². The standard InChI is InChI=1S/C29H29N5O5/c1-3-38-26(35)21-16-23(17-21)34-28(36)32-27(33(29(34)37)18-20-9-7-19(2)8-10-20)31-22-11-13-24(14-12-22)39-25-6-4-5-15-30-25/h4-15,21,23H,3,16-18H2,1-2H3,(H,31,32,36). The lowest BCUT2D eigenvalue weighted by atomic mass is 9.80. The summed E-state index contributed by atoms with van der Waals surface area (Å²) in [5.41, 5.74) is 1.46. The molecule has 0 amide bonds. The van der Waals surface area contributed by atoms with Crippen molar-refractivity contribution in [3.05, 3.63) is 105 Å². The minimum atomic E-state index is -0.662. The van der Waals surface area contributed by atoms with Crippen molar-refractivity contribution in [2.45, 2.75) is 39.3 Å². The van der Waals surface area contributed by atoms with Gasteiger partial charge in [-0.3, -0.25) is 9.36 Å². The second-order valence-electron chi connectivity index (χ2n) is 9.44. The first-order chi connectivity index (χ1) is 18.9. The van der Waals surface area contributed by atoms with E-state index < -0.39 is 17.4 Å². The summed E-state index contributed by atoms with van der Waals surface area (Å²) >= 11 is 0. The molecular weight excluding hydrogens is 498 g/mol. The van der Waals surface area contributed by atoms with E-state index in [9.17, 15) is 14.4 Å². The molecule has 39 heavy (non-hydrogen) atoms. The third-order valence-corrected chi connectivity index (χ3v) is 6.63. The van der Waals surface area contributed by atoms with E-state index in [1.54, 1.807) is 49.5 Å². The van der Waals surface area contributed by atoms with Crippen LogP contribution in [0.5, 0.6) is 11.6 Å². The molecule has 2 aromatic heterocycles. The third-order valence-electron chi connectivity index (χ3n) is 6.63. The fourth-order valence-corrected chi connectivity index (χ4v) is 4.45. The van der Waals surface area contributed by atoms with Crippen LogP contribution in [0, 0.1) is 12.8 Å². The minimum absolute atomic E-state index is 0.126. The van der Waals surface area contributed by atoms with E-state index in [1.807, 2.05) is 37.3 Å². The molecule has 1 aliphatic carbocycles. The fourth-order valence-electron chi connectivity index (χ4n) is 4.45. The number of aromatic nitrogens is 4. The molecule has 0 bridgehead atoms.